The molecule has 1 aromatic carbocycles. The highest BCUT2D eigenvalue weighted by Gasteiger charge is 2.39. The van der Waals surface area contributed by atoms with Crippen LogP contribution in [0.3, 0.4) is 0 Å². The molecular weight excluding hydrogens is 716 g/mol. The summed E-state index contributed by atoms with van der Waals surface area (Å²) in [7, 11) is 0. The average molecular weight is 757 g/mol. The molecule has 0 aromatic heterocycles. The number of esters is 6. The molecule has 2 N–H and O–H groups in total. The topological polar surface area (TPSA) is 234 Å². The number of nitrogens with one attached hydrogen (secondary N) is 2. The maximum absolute atomic E-state index is 12.7. The molecule has 0 aliphatic rings. The van der Waals surface area contributed by atoms with Crippen molar-refractivity contribution in [3.63, 3.8) is 0 Å². The SMILES string of the molecule is C=CC(=O)OCC(COC(=O)C=C)(COC(=O)C=C)COC(=O)Nc1ccc(NC(=O)OCC(COC(=O)C=C)(COC(=O)C=C)COC(=O)C=C)cc1. The van der Waals surface area contributed by atoms with Crippen LogP contribution in [0.5, 0.6) is 0 Å². The predicted octanol–water partition coefficient (Wildman–Crippen LogP) is 3.13. The molecule has 290 valence electrons. The van der Waals surface area contributed by atoms with Crippen molar-refractivity contribution in [2.75, 3.05) is 63.5 Å². The summed E-state index contributed by atoms with van der Waals surface area (Å²) in [6.45, 7) is 15.4. The number of rotatable bonds is 24. The van der Waals surface area contributed by atoms with E-state index in [1.807, 2.05) is 0 Å². The van der Waals surface area contributed by atoms with E-state index in [9.17, 15) is 38.4 Å². The summed E-state index contributed by atoms with van der Waals surface area (Å²) in [5.41, 5.74) is -2.77. The Morgan fingerprint density at radius 3 is 0.759 bits per heavy atom. The van der Waals surface area contributed by atoms with Gasteiger partial charge in [-0.05, 0) is 24.3 Å². The van der Waals surface area contributed by atoms with Crippen LogP contribution in [-0.4, -0.2) is 101 Å². The van der Waals surface area contributed by atoms with Crippen LogP contribution in [0.25, 0.3) is 0 Å². The Hall–Kier alpha value is -6.98. The van der Waals surface area contributed by atoms with Crippen molar-refractivity contribution in [1.29, 1.82) is 0 Å². The maximum Gasteiger partial charge on any atom is 0.411 e. The second-order valence-corrected chi connectivity index (χ2v) is 10.9. The Morgan fingerprint density at radius 2 is 0.574 bits per heavy atom. The molecule has 1 rings (SSSR count). The molecule has 2 amide bonds. The first-order valence-electron chi connectivity index (χ1n) is 15.4. The summed E-state index contributed by atoms with van der Waals surface area (Å²) in [5, 5.41) is 4.86. The molecule has 1 aromatic rings. The zero-order valence-corrected chi connectivity index (χ0v) is 29.2. The lowest BCUT2D eigenvalue weighted by molar-refractivity contribution is -0.161. The third kappa shape index (κ3) is 17.3. The second kappa shape index (κ2) is 23.5. The molecule has 54 heavy (non-hydrogen) atoms. The normalized spacial score (nSPS) is 10.4. The van der Waals surface area contributed by atoms with Gasteiger partial charge < -0.3 is 37.9 Å². The van der Waals surface area contributed by atoms with Gasteiger partial charge in [0.05, 0.1) is 0 Å². The van der Waals surface area contributed by atoms with Crippen molar-refractivity contribution < 1.29 is 76.3 Å². The molecule has 18 heteroatoms. The number of hydrogen-bond acceptors (Lipinski definition) is 16. The number of anilines is 2. The highest BCUT2D eigenvalue weighted by atomic mass is 16.6. The first-order chi connectivity index (χ1) is 25.7. The first kappa shape index (κ1) is 45.0. The van der Waals surface area contributed by atoms with Gasteiger partial charge in [0.2, 0.25) is 0 Å². The van der Waals surface area contributed by atoms with Gasteiger partial charge in [-0.2, -0.15) is 0 Å². The van der Waals surface area contributed by atoms with Gasteiger partial charge in [-0.3, -0.25) is 10.6 Å². The van der Waals surface area contributed by atoms with Gasteiger partial charge in [-0.25, -0.2) is 38.4 Å². The van der Waals surface area contributed by atoms with E-state index in [-0.39, 0.29) is 11.4 Å². The van der Waals surface area contributed by atoms with Gasteiger partial charge in [0.15, 0.2) is 0 Å². The zero-order valence-electron chi connectivity index (χ0n) is 29.2. The predicted molar refractivity (Wildman–Crippen MR) is 188 cm³/mol. The highest BCUT2D eigenvalue weighted by molar-refractivity contribution is 5.88. The largest absolute Gasteiger partial charge is 0.462 e. The highest BCUT2D eigenvalue weighted by Crippen LogP contribution is 2.24. The number of hydrogen-bond donors (Lipinski definition) is 2. The Labute approximate surface area is 310 Å². The maximum atomic E-state index is 12.7. The fourth-order valence-electron chi connectivity index (χ4n) is 3.58. The smallest absolute Gasteiger partial charge is 0.411 e. The van der Waals surface area contributed by atoms with Crippen molar-refractivity contribution in [3.05, 3.63) is 100 Å². The van der Waals surface area contributed by atoms with E-state index in [1.54, 1.807) is 0 Å². The van der Waals surface area contributed by atoms with E-state index in [1.165, 1.54) is 24.3 Å². The van der Waals surface area contributed by atoms with Gasteiger partial charge in [0.1, 0.15) is 63.7 Å². The van der Waals surface area contributed by atoms with E-state index >= 15 is 0 Å². The molecule has 0 saturated heterocycles. The molecule has 0 aliphatic heterocycles. The minimum atomic E-state index is -1.56. The molecule has 0 saturated carbocycles. The van der Waals surface area contributed by atoms with Crippen LogP contribution < -0.4 is 10.6 Å². The van der Waals surface area contributed by atoms with E-state index in [2.05, 4.69) is 50.1 Å². The fourth-order valence-corrected chi connectivity index (χ4v) is 3.58. The van der Waals surface area contributed by atoms with Crippen molar-refractivity contribution in [1.82, 2.24) is 0 Å². The summed E-state index contributed by atoms with van der Waals surface area (Å²) in [4.78, 5) is 96.1. The second-order valence-electron chi connectivity index (χ2n) is 10.9. The number of ether oxygens (including phenoxy) is 8. The molecule has 0 fully saturated rings. The number of benzene rings is 1. The van der Waals surface area contributed by atoms with Crippen LogP contribution in [0, 0.1) is 10.8 Å². The lowest BCUT2D eigenvalue weighted by Gasteiger charge is -2.31. The lowest BCUT2D eigenvalue weighted by atomic mass is 9.92. The molecular formula is C36H40N2O16. The third-order valence-corrected chi connectivity index (χ3v) is 6.52. The standard InChI is InChI=1S/C36H40N2O16/c1-7-27(39)47-17-35(18-48-28(40)8-2,19-49-29(41)9-3)23-53-33(45)37-25-13-15-26(16-14-25)38-34(46)54-24-36(20-50-30(42)10-4,21-51-31(43)11-5)22-52-32(44)12-6/h7-16H,1-6,17-24H2,(H,37,45)(H,38,46). The summed E-state index contributed by atoms with van der Waals surface area (Å²) >= 11 is 0. The molecule has 0 unspecified atom stereocenters. The van der Waals surface area contributed by atoms with Gasteiger partial charge in [-0.1, -0.05) is 39.5 Å². The van der Waals surface area contributed by atoms with Crippen molar-refractivity contribution >= 4 is 59.4 Å². The van der Waals surface area contributed by atoms with Crippen LogP contribution in [0.2, 0.25) is 0 Å². The molecule has 0 bridgehead atoms. The number of carbonyl (C=O) groups is 8. The van der Waals surface area contributed by atoms with E-state index in [0.717, 1.165) is 36.5 Å². The quantitative estimate of drug-likeness (QED) is 0.0876. The van der Waals surface area contributed by atoms with Crippen molar-refractivity contribution in [3.8, 4) is 0 Å². The first-order valence-corrected chi connectivity index (χ1v) is 15.4. The van der Waals surface area contributed by atoms with Gasteiger partial charge in [0, 0.05) is 47.8 Å². The van der Waals surface area contributed by atoms with Crippen LogP contribution >= 0.6 is 0 Å². The van der Waals surface area contributed by atoms with Crippen molar-refractivity contribution in [2.45, 2.75) is 0 Å². The van der Waals surface area contributed by atoms with Gasteiger partial charge >= 0.3 is 48.0 Å². The Kier molecular flexibility index (Phi) is 19.6. The molecule has 18 nitrogen and oxygen atoms in total. The van der Waals surface area contributed by atoms with E-state index in [0.29, 0.717) is 0 Å². The van der Waals surface area contributed by atoms with E-state index in [4.69, 9.17) is 37.9 Å². The van der Waals surface area contributed by atoms with Crippen LogP contribution in [0.1, 0.15) is 0 Å². The molecule has 0 spiro atoms. The Balaban J connectivity index is 3.04. The summed E-state index contributed by atoms with van der Waals surface area (Å²) in [6, 6.07) is 5.48. The van der Waals surface area contributed by atoms with E-state index < -0.39 is 112 Å². The minimum Gasteiger partial charge on any atom is -0.462 e. The Morgan fingerprint density at radius 1 is 0.389 bits per heavy atom. The zero-order chi connectivity index (χ0) is 40.6. The Bertz CT molecular complexity index is 1360. The number of amides is 2. The molecule has 0 heterocycles. The summed E-state index contributed by atoms with van der Waals surface area (Å²) in [6.07, 6.45) is 3.16. The molecule has 0 atom stereocenters. The monoisotopic (exact) mass is 756 g/mol. The molecule has 0 radical (unpaired) electrons. The van der Waals surface area contributed by atoms with Crippen LogP contribution in [0.4, 0.5) is 21.0 Å². The summed E-state index contributed by atoms with van der Waals surface area (Å²) < 4.78 is 41.1. The fraction of sp³-hybridized carbons (Fsp3) is 0.278. The molecule has 0 aliphatic carbocycles. The minimum absolute atomic E-state index is 0.176. The average Bonchev–Trinajstić information content (AvgIpc) is 3.19. The number of carbonyl (C=O) groups excluding carboxylic acids is 8. The van der Waals surface area contributed by atoms with Crippen molar-refractivity contribution in [2.24, 2.45) is 10.8 Å². The van der Waals surface area contributed by atoms with Gasteiger partial charge in [0.25, 0.3) is 0 Å². The lowest BCUT2D eigenvalue weighted by Crippen LogP contribution is -2.44. The summed E-state index contributed by atoms with van der Waals surface area (Å²) in [5.74, 6) is -5.15. The van der Waals surface area contributed by atoms with Crippen LogP contribution in [-0.2, 0) is 66.7 Å². The van der Waals surface area contributed by atoms with Crippen LogP contribution in [0.15, 0.2) is 100 Å². The van der Waals surface area contributed by atoms with Gasteiger partial charge in [-0.15, -0.1) is 0 Å². The third-order valence-electron chi connectivity index (χ3n) is 6.52.